The van der Waals surface area contributed by atoms with E-state index in [1.807, 2.05) is 61.5 Å². The number of ether oxygens (including phenoxy) is 1. The highest BCUT2D eigenvalue weighted by Crippen LogP contribution is 2.36. The standard InChI is InChI=1S/C27H27N3O3S2/c1-2-29-22-11-7-6-10-20(22)24(28-14-16-33-17-15-28)21(25(29)31)18-23-26(32)30(27(34)35-23)13-12-19-8-4-3-5-9-19/h3-11,18H,2,12-17H2,1H3. The maximum absolute atomic E-state index is 13.7. The molecule has 1 amide bonds. The predicted molar refractivity (Wildman–Crippen MR) is 147 cm³/mol. The van der Waals surface area contributed by atoms with Crippen LogP contribution in [0.5, 0.6) is 0 Å². The molecule has 8 heteroatoms. The minimum absolute atomic E-state index is 0.0951. The van der Waals surface area contributed by atoms with Gasteiger partial charge in [-0.3, -0.25) is 14.5 Å². The summed E-state index contributed by atoms with van der Waals surface area (Å²) in [6, 6.07) is 18.0. The molecule has 35 heavy (non-hydrogen) atoms. The summed E-state index contributed by atoms with van der Waals surface area (Å²) < 4.78 is 7.88. The number of pyridine rings is 1. The number of thioether (sulfide) groups is 1. The third-order valence-corrected chi connectivity index (χ3v) is 7.82. The third-order valence-electron chi connectivity index (χ3n) is 6.44. The van der Waals surface area contributed by atoms with Crippen molar-refractivity contribution in [1.82, 2.24) is 9.47 Å². The van der Waals surface area contributed by atoms with E-state index in [-0.39, 0.29) is 11.5 Å². The molecule has 1 aromatic heterocycles. The Kier molecular flexibility index (Phi) is 7.04. The maximum Gasteiger partial charge on any atom is 0.266 e. The van der Waals surface area contributed by atoms with E-state index in [9.17, 15) is 9.59 Å². The van der Waals surface area contributed by atoms with Gasteiger partial charge in [-0.1, -0.05) is 72.5 Å². The number of carbonyl (C=O) groups is 1. The van der Waals surface area contributed by atoms with Crippen molar-refractivity contribution in [2.75, 3.05) is 37.7 Å². The Bertz CT molecular complexity index is 1360. The minimum Gasteiger partial charge on any atom is -0.378 e. The van der Waals surface area contributed by atoms with Gasteiger partial charge in [0.15, 0.2) is 0 Å². The fourth-order valence-electron chi connectivity index (χ4n) is 4.69. The molecular weight excluding hydrogens is 478 g/mol. The molecule has 0 N–H and O–H groups in total. The molecule has 6 nitrogen and oxygen atoms in total. The van der Waals surface area contributed by atoms with Crippen molar-refractivity contribution < 1.29 is 9.53 Å². The fraction of sp³-hybridized carbons (Fsp3) is 0.296. The van der Waals surface area contributed by atoms with Gasteiger partial charge < -0.3 is 14.2 Å². The first-order valence-corrected chi connectivity index (χ1v) is 13.1. The summed E-state index contributed by atoms with van der Waals surface area (Å²) in [6.45, 7) is 5.62. The Balaban J connectivity index is 1.56. The van der Waals surface area contributed by atoms with Crippen molar-refractivity contribution in [3.05, 3.63) is 81.0 Å². The van der Waals surface area contributed by atoms with Gasteiger partial charge >= 0.3 is 0 Å². The van der Waals surface area contributed by atoms with Crippen molar-refractivity contribution in [2.45, 2.75) is 19.9 Å². The van der Waals surface area contributed by atoms with Gasteiger partial charge in [-0.2, -0.15) is 0 Å². The van der Waals surface area contributed by atoms with Crippen LogP contribution in [-0.4, -0.2) is 52.5 Å². The number of aromatic nitrogens is 1. The van der Waals surface area contributed by atoms with Crippen LogP contribution in [0.3, 0.4) is 0 Å². The number of para-hydroxylation sites is 1. The number of hydrogen-bond acceptors (Lipinski definition) is 6. The number of rotatable bonds is 6. The summed E-state index contributed by atoms with van der Waals surface area (Å²) in [7, 11) is 0. The van der Waals surface area contributed by atoms with Gasteiger partial charge in [0.25, 0.3) is 11.5 Å². The quantitative estimate of drug-likeness (QED) is 0.368. The van der Waals surface area contributed by atoms with Crippen LogP contribution in [-0.2, 0) is 22.5 Å². The number of hydrogen-bond donors (Lipinski definition) is 0. The second-order valence-electron chi connectivity index (χ2n) is 8.50. The molecule has 0 saturated carbocycles. The normalized spacial score (nSPS) is 17.7. The number of anilines is 1. The average molecular weight is 506 g/mol. The first kappa shape index (κ1) is 23.8. The summed E-state index contributed by atoms with van der Waals surface area (Å²) in [5, 5.41) is 1.00. The van der Waals surface area contributed by atoms with Gasteiger partial charge in [0.05, 0.1) is 34.9 Å². The molecule has 2 aliphatic rings. The zero-order valence-corrected chi connectivity index (χ0v) is 21.2. The maximum atomic E-state index is 13.7. The lowest BCUT2D eigenvalue weighted by molar-refractivity contribution is -0.122. The number of nitrogens with zero attached hydrogens (tertiary/aromatic N) is 3. The number of aryl methyl sites for hydroxylation is 1. The van der Waals surface area contributed by atoms with Crippen molar-refractivity contribution in [3.8, 4) is 0 Å². The van der Waals surface area contributed by atoms with Crippen molar-refractivity contribution in [2.24, 2.45) is 0 Å². The highest BCUT2D eigenvalue weighted by atomic mass is 32.2. The van der Waals surface area contributed by atoms with E-state index in [1.165, 1.54) is 11.8 Å². The van der Waals surface area contributed by atoms with Crippen LogP contribution in [0.1, 0.15) is 18.1 Å². The van der Waals surface area contributed by atoms with E-state index in [0.717, 1.165) is 28.6 Å². The number of benzene rings is 2. The second-order valence-corrected chi connectivity index (χ2v) is 10.2. The Morgan fingerprint density at radius 3 is 2.49 bits per heavy atom. The van der Waals surface area contributed by atoms with Gasteiger partial charge in [-0.05, 0) is 31.1 Å². The molecule has 0 unspecified atom stereocenters. The fourth-order valence-corrected chi connectivity index (χ4v) is 5.98. The molecule has 3 aromatic rings. The van der Waals surface area contributed by atoms with Crippen LogP contribution in [0.4, 0.5) is 5.69 Å². The molecule has 180 valence electrons. The molecule has 2 aliphatic heterocycles. The Labute approximate surface area is 214 Å². The lowest BCUT2D eigenvalue weighted by Gasteiger charge is -2.31. The van der Waals surface area contributed by atoms with E-state index >= 15 is 0 Å². The van der Waals surface area contributed by atoms with Crippen molar-refractivity contribution in [1.29, 1.82) is 0 Å². The van der Waals surface area contributed by atoms with E-state index < -0.39 is 0 Å². The summed E-state index contributed by atoms with van der Waals surface area (Å²) in [5.74, 6) is -0.139. The number of morpholine rings is 1. The topological polar surface area (TPSA) is 54.8 Å². The van der Waals surface area contributed by atoms with Crippen LogP contribution >= 0.6 is 24.0 Å². The van der Waals surface area contributed by atoms with Gasteiger partial charge in [0.1, 0.15) is 4.32 Å². The molecule has 3 heterocycles. The minimum atomic E-state index is -0.139. The van der Waals surface area contributed by atoms with Gasteiger partial charge in [-0.15, -0.1) is 0 Å². The van der Waals surface area contributed by atoms with Crippen LogP contribution < -0.4 is 10.5 Å². The highest BCUT2D eigenvalue weighted by Gasteiger charge is 2.33. The molecule has 2 fully saturated rings. The molecular formula is C27H27N3O3S2. The third kappa shape index (κ3) is 4.66. The van der Waals surface area contributed by atoms with Crippen molar-refractivity contribution in [3.63, 3.8) is 0 Å². The van der Waals surface area contributed by atoms with Gasteiger partial charge in [-0.25, -0.2) is 0 Å². The zero-order chi connectivity index (χ0) is 24.4. The van der Waals surface area contributed by atoms with Crippen LogP contribution in [0, 0.1) is 0 Å². The predicted octanol–water partition coefficient (Wildman–Crippen LogP) is 4.30. The Morgan fingerprint density at radius 1 is 1.03 bits per heavy atom. The Morgan fingerprint density at radius 2 is 1.74 bits per heavy atom. The molecule has 5 rings (SSSR count). The zero-order valence-electron chi connectivity index (χ0n) is 19.6. The SMILES string of the molecule is CCn1c(=O)c(C=C2SC(=S)N(CCc3ccccc3)C2=O)c(N2CCOCC2)c2ccccc21. The monoisotopic (exact) mass is 505 g/mol. The number of thiocarbonyl (C=S) groups is 1. The summed E-state index contributed by atoms with van der Waals surface area (Å²) >= 11 is 6.83. The smallest absolute Gasteiger partial charge is 0.266 e. The Hall–Kier alpha value is -2.94. The first-order valence-electron chi connectivity index (χ1n) is 11.9. The van der Waals surface area contributed by atoms with Gasteiger partial charge in [0.2, 0.25) is 0 Å². The van der Waals surface area contributed by atoms with E-state index in [4.69, 9.17) is 17.0 Å². The molecule has 0 aliphatic carbocycles. The average Bonchev–Trinajstić information content (AvgIpc) is 3.16. The first-order chi connectivity index (χ1) is 17.1. The van der Waals surface area contributed by atoms with E-state index in [2.05, 4.69) is 4.90 Å². The summed E-state index contributed by atoms with van der Waals surface area (Å²) in [5.41, 5.74) is 3.36. The molecule has 0 atom stereocenters. The van der Waals surface area contributed by atoms with E-state index in [0.29, 0.717) is 54.2 Å². The van der Waals surface area contributed by atoms with E-state index in [1.54, 1.807) is 15.5 Å². The largest absolute Gasteiger partial charge is 0.378 e. The number of fused-ring (bicyclic) bond motifs is 1. The second kappa shape index (κ2) is 10.4. The van der Waals surface area contributed by atoms with Crippen molar-refractivity contribution >= 4 is 56.9 Å². The molecule has 2 aromatic carbocycles. The lowest BCUT2D eigenvalue weighted by atomic mass is 10.1. The highest BCUT2D eigenvalue weighted by molar-refractivity contribution is 8.26. The molecule has 0 bridgehead atoms. The summed E-state index contributed by atoms with van der Waals surface area (Å²) in [6.07, 6.45) is 2.48. The molecule has 0 spiro atoms. The summed E-state index contributed by atoms with van der Waals surface area (Å²) in [4.78, 5) is 31.4. The number of amides is 1. The molecule has 0 radical (unpaired) electrons. The van der Waals surface area contributed by atoms with Crippen LogP contribution in [0.25, 0.3) is 17.0 Å². The number of carbonyl (C=O) groups excluding carboxylic acids is 1. The lowest BCUT2D eigenvalue weighted by Crippen LogP contribution is -2.38. The van der Waals surface area contributed by atoms with Gasteiger partial charge in [0, 0.05) is 31.6 Å². The molecule has 2 saturated heterocycles. The van der Waals surface area contributed by atoms with Crippen LogP contribution in [0.15, 0.2) is 64.3 Å². The van der Waals surface area contributed by atoms with Crippen LogP contribution in [0.2, 0.25) is 0 Å².